The van der Waals surface area contributed by atoms with Gasteiger partial charge in [0.15, 0.2) is 0 Å². The van der Waals surface area contributed by atoms with Gasteiger partial charge in [-0.15, -0.1) is 10.1 Å². The first-order valence-corrected chi connectivity index (χ1v) is 7.31. The molecule has 3 N–H and O–H groups in total. The predicted molar refractivity (Wildman–Crippen MR) is 84.1 cm³/mol. The fourth-order valence-electron chi connectivity index (χ4n) is 2.70. The molecule has 24 heavy (non-hydrogen) atoms. The topological polar surface area (TPSA) is 156 Å². The number of imidazole rings is 1. The first-order valence-electron chi connectivity index (χ1n) is 6.93. The van der Waals surface area contributed by atoms with Crippen LogP contribution in [0.4, 0.5) is 5.69 Å². The van der Waals surface area contributed by atoms with Gasteiger partial charge >= 0.3 is 5.69 Å². The van der Waals surface area contributed by atoms with Gasteiger partial charge in [-0.3, -0.25) is 14.7 Å². The monoisotopic (exact) mass is 359 g/mol. The average Bonchev–Trinajstić information content (AvgIpc) is 2.81. The molecule has 0 bridgehead atoms. The zero-order valence-corrected chi connectivity index (χ0v) is 13.0. The lowest BCUT2D eigenvalue weighted by Crippen LogP contribution is -2.33. The number of nitrogens with zero attached hydrogens (tertiary/aromatic N) is 3. The minimum absolute atomic E-state index is 0.0289. The number of hydrogen-bond donors (Lipinski definition) is 3. The summed E-state index contributed by atoms with van der Waals surface area (Å²) < 4.78 is 1.61. The molecular formula is C12H14ClN5O6. The van der Waals surface area contributed by atoms with E-state index in [0.29, 0.717) is 11.0 Å². The van der Waals surface area contributed by atoms with Crippen LogP contribution in [0.2, 0.25) is 5.02 Å². The standard InChI is InChI=1S/C12H13ClN4O3.HNO3/c13-8-5-9-11(6-10(8)17(19)20)16(12(18)15-9)7-1-3-14-4-2-7;2-1(3)4/h5-7,14H,1-4H2,(H,15,18);(H,2,3,4). The second kappa shape index (κ2) is 7.27. The Balaban J connectivity index is 0.000000471. The maximum absolute atomic E-state index is 12.1. The summed E-state index contributed by atoms with van der Waals surface area (Å²) >= 11 is 5.86. The van der Waals surface area contributed by atoms with Gasteiger partial charge in [-0.1, -0.05) is 11.6 Å². The third-order valence-corrected chi connectivity index (χ3v) is 3.96. The second-order valence-electron chi connectivity index (χ2n) is 5.10. The van der Waals surface area contributed by atoms with E-state index < -0.39 is 10.0 Å². The molecule has 1 aromatic carbocycles. The number of aromatic amines is 1. The van der Waals surface area contributed by atoms with Gasteiger partial charge in [-0.05, 0) is 32.0 Å². The highest BCUT2D eigenvalue weighted by atomic mass is 35.5. The predicted octanol–water partition coefficient (Wildman–Crippen LogP) is 1.47. The lowest BCUT2D eigenvalue weighted by Gasteiger charge is -2.23. The average molecular weight is 360 g/mol. The molecule has 130 valence electrons. The fraction of sp³-hybridized carbons (Fsp3) is 0.417. The van der Waals surface area contributed by atoms with E-state index in [1.165, 1.54) is 12.1 Å². The lowest BCUT2D eigenvalue weighted by atomic mass is 10.1. The maximum atomic E-state index is 12.1. The van der Waals surface area contributed by atoms with Gasteiger partial charge < -0.3 is 15.5 Å². The van der Waals surface area contributed by atoms with Crippen LogP contribution in [0.25, 0.3) is 11.0 Å². The smallest absolute Gasteiger partial charge is 0.326 e. The van der Waals surface area contributed by atoms with Gasteiger partial charge in [0.2, 0.25) is 0 Å². The van der Waals surface area contributed by atoms with E-state index in [1.54, 1.807) is 4.57 Å². The van der Waals surface area contributed by atoms with Crippen molar-refractivity contribution in [1.82, 2.24) is 14.9 Å². The van der Waals surface area contributed by atoms with E-state index in [1.807, 2.05) is 0 Å². The summed E-state index contributed by atoms with van der Waals surface area (Å²) in [5.74, 6) is 0. The minimum Gasteiger partial charge on any atom is -0.328 e. The summed E-state index contributed by atoms with van der Waals surface area (Å²) in [6, 6.07) is 2.87. The van der Waals surface area contributed by atoms with Crippen LogP contribution in [0.5, 0.6) is 0 Å². The summed E-state index contributed by atoms with van der Waals surface area (Å²) in [4.78, 5) is 33.6. The van der Waals surface area contributed by atoms with Crippen LogP contribution in [0.3, 0.4) is 0 Å². The zero-order valence-electron chi connectivity index (χ0n) is 12.3. The van der Waals surface area contributed by atoms with Gasteiger partial charge in [0.1, 0.15) is 5.02 Å². The Bertz CT molecular complexity index is 821. The molecule has 11 nitrogen and oxygen atoms in total. The molecule has 0 atom stereocenters. The van der Waals surface area contributed by atoms with E-state index in [-0.39, 0.29) is 22.4 Å². The molecule has 0 amide bonds. The molecule has 2 aromatic rings. The Kier molecular flexibility index (Phi) is 5.36. The Morgan fingerprint density at radius 2 is 1.83 bits per heavy atom. The molecule has 1 aliphatic heterocycles. The van der Waals surface area contributed by atoms with Gasteiger partial charge in [0.05, 0.1) is 16.0 Å². The number of benzene rings is 1. The molecule has 1 saturated heterocycles. The van der Waals surface area contributed by atoms with Crippen LogP contribution in [-0.4, -0.2) is 37.9 Å². The summed E-state index contributed by atoms with van der Waals surface area (Å²) in [6.45, 7) is 1.67. The molecule has 1 aromatic heterocycles. The normalized spacial score (nSPS) is 14.9. The number of aromatic nitrogens is 2. The van der Waals surface area contributed by atoms with E-state index in [4.69, 9.17) is 26.9 Å². The highest BCUT2D eigenvalue weighted by Crippen LogP contribution is 2.30. The van der Waals surface area contributed by atoms with Gasteiger partial charge in [0.25, 0.3) is 10.8 Å². The van der Waals surface area contributed by atoms with Crippen molar-refractivity contribution in [1.29, 1.82) is 0 Å². The van der Waals surface area contributed by atoms with Crippen molar-refractivity contribution in [2.45, 2.75) is 18.9 Å². The number of nitro benzene ring substituents is 1. The fourth-order valence-corrected chi connectivity index (χ4v) is 2.94. The molecular weight excluding hydrogens is 346 g/mol. The number of H-pyrrole nitrogens is 1. The molecule has 1 aliphatic rings. The SMILES string of the molecule is O=[N+]([O-])O.O=c1[nH]c2cc(Cl)c([N+](=O)[O-])cc2n1C1CCNCC1. The Labute approximate surface area is 139 Å². The van der Waals surface area contributed by atoms with E-state index in [0.717, 1.165) is 25.9 Å². The molecule has 0 unspecified atom stereocenters. The van der Waals surface area contributed by atoms with E-state index in [9.17, 15) is 14.9 Å². The van der Waals surface area contributed by atoms with Gasteiger partial charge in [-0.2, -0.15) is 0 Å². The molecule has 3 rings (SSSR count). The number of hydrogen-bond acceptors (Lipinski definition) is 6. The zero-order chi connectivity index (χ0) is 17.9. The van der Waals surface area contributed by atoms with E-state index >= 15 is 0 Å². The quantitative estimate of drug-likeness (QED) is 0.541. The maximum Gasteiger partial charge on any atom is 0.326 e. The number of piperidine rings is 1. The first kappa shape index (κ1) is 17.7. The highest BCUT2D eigenvalue weighted by molar-refractivity contribution is 6.33. The van der Waals surface area contributed by atoms with Gasteiger partial charge in [-0.25, -0.2) is 4.79 Å². The number of rotatable bonds is 2. The van der Waals surface area contributed by atoms with Crippen LogP contribution in [0.15, 0.2) is 16.9 Å². The van der Waals surface area contributed by atoms with Crippen molar-refractivity contribution >= 4 is 28.3 Å². The third kappa shape index (κ3) is 3.81. The molecule has 1 fully saturated rings. The van der Waals surface area contributed by atoms with Crippen LogP contribution >= 0.6 is 11.6 Å². The molecule has 12 heteroatoms. The van der Waals surface area contributed by atoms with Crippen molar-refractivity contribution in [3.8, 4) is 0 Å². The summed E-state index contributed by atoms with van der Waals surface area (Å²) in [6.07, 6.45) is 1.65. The van der Waals surface area contributed by atoms with Crippen molar-refractivity contribution in [2.75, 3.05) is 13.1 Å². The van der Waals surface area contributed by atoms with Crippen LogP contribution in [0.1, 0.15) is 18.9 Å². The Morgan fingerprint density at radius 1 is 1.25 bits per heavy atom. The highest BCUT2D eigenvalue weighted by Gasteiger charge is 2.22. The third-order valence-electron chi connectivity index (χ3n) is 3.66. The number of halogens is 1. The minimum atomic E-state index is -1.50. The Morgan fingerprint density at radius 3 is 2.38 bits per heavy atom. The number of nitro groups is 1. The Hall–Kier alpha value is -2.66. The van der Waals surface area contributed by atoms with E-state index in [2.05, 4.69) is 10.3 Å². The van der Waals surface area contributed by atoms with Crippen molar-refractivity contribution in [2.24, 2.45) is 0 Å². The van der Waals surface area contributed by atoms with Crippen molar-refractivity contribution in [3.63, 3.8) is 0 Å². The van der Waals surface area contributed by atoms with Crippen LogP contribution in [0, 0.1) is 20.2 Å². The molecule has 0 saturated carbocycles. The van der Waals surface area contributed by atoms with Crippen LogP contribution in [-0.2, 0) is 0 Å². The summed E-state index contributed by atoms with van der Waals surface area (Å²) in [5, 5.41) is 27.9. The van der Waals surface area contributed by atoms with Crippen molar-refractivity contribution < 1.29 is 15.2 Å². The molecule has 0 spiro atoms. The second-order valence-corrected chi connectivity index (χ2v) is 5.50. The molecule has 2 heterocycles. The summed E-state index contributed by atoms with van der Waals surface area (Å²) in [5.41, 5.74) is 0.645. The lowest BCUT2D eigenvalue weighted by molar-refractivity contribution is -0.742. The number of nitrogens with one attached hydrogen (secondary N) is 2. The molecule has 0 radical (unpaired) electrons. The summed E-state index contributed by atoms with van der Waals surface area (Å²) in [7, 11) is 0. The first-order chi connectivity index (χ1) is 11.3. The number of fused-ring (bicyclic) bond motifs is 1. The molecule has 0 aliphatic carbocycles. The van der Waals surface area contributed by atoms with Crippen molar-refractivity contribution in [3.05, 3.63) is 47.9 Å². The largest absolute Gasteiger partial charge is 0.328 e. The van der Waals surface area contributed by atoms with Crippen LogP contribution < -0.4 is 11.0 Å². The van der Waals surface area contributed by atoms with Gasteiger partial charge in [0, 0.05) is 12.1 Å².